The van der Waals surface area contributed by atoms with E-state index in [-0.39, 0.29) is 6.01 Å². The Morgan fingerprint density at radius 3 is 1.96 bits per heavy atom. The molecule has 3 rings (SSSR count). The maximum atomic E-state index is 13.6. The highest BCUT2D eigenvalue weighted by molar-refractivity contribution is 6.61. The van der Waals surface area contributed by atoms with Crippen LogP contribution in [0.3, 0.4) is 0 Å². The van der Waals surface area contributed by atoms with Crippen LogP contribution in [0.1, 0.15) is 27.7 Å². The van der Waals surface area contributed by atoms with Gasteiger partial charge in [0.15, 0.2) is 11.6 Å². The van der Waals surface area contributed by atoms with E-state index >= 15 is 0 Å². The van der Waals surface area contributed by atoms with Crippen molar-refractivity contribution in [3.63, 3.8) is 0 Å². The van der Waals surface area contributed by atoms with Crippen molar-refractivity contribution in [3.05, 3.63) is 42.2 Å². The topological polar surface area (TPSA) is 53.5 Å². The normalized spacial score (nSPS) is 18.7. The fourth-order valence-corrected chi connectivity index (χ4v) is 2.15. The second kappa shape index (κ2) is 5.79. The van der Waals surface area contributed by atoms with Crippen molar-refractivity contribution in [1.29, 1.82) is 0 Å². The number of rotatable bonds is 3. The minimum Gasteiger partial charge on any atom is -0.418 e. The zero-order valence-electron chi connectivity index (χ0n) is 13.8. The van der Waals surface area contributed by atoms with Gasteiger partial charge in [-0.1, -0.05) is 6.07 Å². The second-order valence-corrected chi connectivity index (χ2v) is 6.54. The molecule has 1 aliphatic rings. The van der Waals surface area contributed by atoms with Gasteiger partial charge in [0.2, 0.25) is 5.75 Å². The van der Waals surface area contributed by atoms with E-state index in [4.69, 9.17) is 14.0 Å². The lowest BCUT2D eigenvalue weighted by Crippen LogP contribution is -2.41. The summed E-state index contributed by atoms with van der Waals surface area (Å²) in [6, 6.07) is 3.27. The van der Waals surface area contributed by atoms with E-state index in [2.05, 4.69) is 9.97 Å². The van der Waals surface area contributed by atoms with Gasteiger partial charge in [-0.3, -0.25) is 0 Å². The molecule has 1 aliphatic heterocycles. The van der Waals surface area contributed by atoms with E-state index in [1.807, 2.05) is 27.7 Å². The summed E-state index contributed by atoms with van der Waals surface area (Å²) < 4.78 is 44.0. The van der Waals surface area contributed by atoms with Crippen molar-refractivity contribution in [2.75, 3.05) is 0 Å². The summed E-state index contributed by atoms with van der Waals surface area (Å²) in [5.74, 6) is -2.19. The van der Waals surface area contributed by atoms with E-state index in [9.17, 15) is 8.78 Å². The summed E-state index contributed by atoms with van der Waals surface area (Å²) in [6.07, 6.45) is 2.90. The first-order valence-corrected chi connectivity index (χ1v) is 7.49. The maximum Gasteiger partial charge on any atom is 0.498 e. The Morgan fingerprint density at radius 1 is 0.958 bits per heavy atom. The van der Waals surface area contributed by atoms with Gasteiger partial charge < -0.3 is 14.0 Å². The van der Waals surface area contributed by atoms with E-state index in [1.54, 1.807) is 0 Å². The molecule has 0 radical (unpaired) electrons. The molecule has 1 aromatic carbocycles. The zero-order chi connectivity index (χ0) is 17.5. The van der Waals surface area contributed by atoms with Crippen molar-refractivity contribution in [1.82, 2.24) is 9.97 Å². The molecule has 2 aromatic rings. The fraction of sp³-hybridized carbons (Fsp3) is 0.375. The van der Waals surface area contributed by atoms with Crippen molar-refractivity contribution in [3.8, 4) is 11.8 Å². The minimum atomic E-state index is -0.825. The molecule has 24 heavy (non-hydrogen) atoms. The van der Waals surface area contributed by atoms with Gasteiger partial charge in [0.25, 0.3) is 0 Å². The lowest BCUT2D eigenvalue weighted by atomic mass is 9.81. The van der Waals surface area contributed by atoms with Crippen molar-refractivity contribution in [2.24, 2.45) is 0 Å². The fourth-order valence-electron chi connectivity index (χ4n) is 2.15. The average Bonchev–Trinajstić information content (AvgIpc) is 2.72. The highest BCUT2D eigenvalue weighted by atomic mass is 19.1. The first-order chi connectivity index (χ1) is 11.2. The number of benzene rings is 1. The Kier molecular flexibility index (Phi) is 4.05. The van der Waals surface area contributed by atoms with Gasteiger partial charge in [-0.15, -0.1) is 0 Å². The molecule has 0 atom stereocenters. The van der Waals surface area contributed by atoms with Crippen LogP contribution in [0.15, 0.2) is 30.6 Å². The molecule has 1 aromatic heterocycles. The monoisotopic (exact) mass is 334 g/mol. The summed E-state index contributed by atoms with van der Waals surface area (Å²) in [6.45, 7) is 7.75. The summed E-state index contributed by atoms with van der Waals surface area (Å²) in [4.78, 5) is 7.94. The SMILES string of the molecule is CC1(C)OB(c2cnc(Oc3c(F)cccc3F)nc2)OC1(C)C. The number of nitrogens with zero attached hydrogens (tertiary/aromatic N) is 2. The molecule has 0 amide bonds. The Bertz CT molecular complexity index is 717. The second-order valence-electron chi connectivity index (χ2n) is 6.54. The van der Waals surface area contributed by atoms with Crippen LogP contribution in [0.4, 0.5) is 8.78 Å². The van der Waals surface area contributed by atoms with E-state index in [0.29, 0.717) is 5.46 Å². The molecule has 0 aliphatic carbocycles. The Labute approximate surface area is 139 Å². The highest BCUT2D eigenvalue weighted by Crippen LogP contribution is 2.36. The predicted molar refractivity (Wildman–Crippen MR) is 84.2 cm³/mol. The van der Waals surface area contributed by atoms with Gasteiger partial charge in [0.1, 0.15) is 0 Å². The lowest BCUT2D eigenvalue weighted by molar-refractivity contribution is 0.00578. The molecule has 8 heteroatoms. The summed E-state index contributed by atoms with van der Waals surface area (Å²) >= 11 is 0. The third-order valence-corrected chi connectivity index (χ3v) is 4.29. The molecular formula is C16H17BF2N2O3. The van der Waals surface area contributed by atoms with Crippen molar-refractivity contribution >= 4 is 12.6 Å². The number of ether oxygens (including phenoxy) is 1. The maximum absolute atomic E-state index is 13.6. The van der Waals surface area contributed by atoms with Gasteiger partial charge in [0, 0.05) is 17.9 Å². The average molecular weight is 334 g/mol. The van der Waals surface area contributed by atoms with Crippen molar-refractivity contribution in [2.45, 2.75) is 38.9 Å². The lowest BCUT2D eigenvalue weighted by Gasteiger charge is -2.32. The van der Waals surface area contributed by atoms with Gasteiger partial charge in [0.05, 0.1) is 11.2 Å². The number of hydrogen-bond donors (Lipinski definition) is 0. The summed E-state index contributed by atoms with van der Waals surface area (Å²) in [5.41, 5.74) is -0.373. The molecule has 2 heterocycles. The van der Waals surface area contributed by atoms with Crippen LogP contribution in [0, 0.1) is 11.6 Å². The molecule has 126 valence electrons. The Morgan fingerprint density at radius 2 is 1.46 bits per heavy atom. The van der Waals surface area contributed by atoms with Crippen LogP contribution >= 0.6 is 0 Å². The van der Waals surface area contributed by atoms with Crippen LogP contribution in [0.5, 0.6) is 11.8 Å². The standard InChI is InChI=1S/C16H17BF2N2O3/c1-15(2)16(3,4)24-17(23-15)10-8-20-14(21-9-10)22-13-11(18)6-5-7-12(13)19/h5-9H,1-4H3. The third-order valence-electron chi connectivity index (χ3n) is 4.29. The molecule has 0 spiro atoms. The van der Waals surface area contributed by atoms with Crippen LogP contribution < -0.4 is 10.2 Å². The van der Waals surface area contributed by atoms with Gasteiger partial charge >= 0.3 is 13.1 Å². The molecule has 0 bridgehead atoms. The Balaban J connectivity index is 1.77. The van der Waals surface area contributed by atoms with E-state index in [0.717, 1.165) is 12.1 Å². The van der Waals surface area contributed by atoms with Crippen molar-refractivity contribution < 1.29 is 22.8 Å². The Hall–Kier alpha value is -2.06. The van der Waals surface area contributed by atoms with E-state index < -0.39 is 35.7 Å². The molecule has 1 fully saturated rings. The number of para-hydroxylation sites is 1. The van der Waals surface area contributed by atoms with Gasteiger partial charge in [-0.05, 0) is 39.8 Å². The minimum absolute atomic E-state index is 0.167. The van der Waals surface area contributed by atoms with Gasteiger partial charge in [-0.25, -0.2) is 18.7 Å². The molecule has 0 N–H and O–H groups in total. The van der Waals surface area contributed by atoms with Crippen LogP contribution in [-0.2, 0) is 9.31 Å². The summed E-state index contributed by atoms with van der Waals surface area (Å²) in [5, 5.41) is 0. The third kappa shape index (κ3) is 2.99. The van der Waals surface area contributed by atoms with Crippen LogP contribution in [0.25, 0.3) is 0 Å². The first-order valence-electron chi connectivity index (χ1n) is 7.49. The highest BCUT2D eigenvalue weighted by Gasteiger charge is 2.51. The molecule has 1 saturated heterocycles. The number of hydrogen-bond acceptors (Lipinski definition) is 5. The first kappa shape index (κ1) is 16.8. The smallest absolute Gasteiger partial charge is 0.418 e. The van der Waals surface area contributed by atoms with Crippen LogP contribution in [-0.4, -0.2) is 28.3 Å². The molecular weight excluding hydrogens is 317 g/mol. The predicted octanol–water partition coefficient (Wildman–Crippen LogP) is 2.85. The largest absolute Gasteiger partial charge is 0.498 e. The van der Waals surface area contributed by atoms with E-state index in [1.165, 1.54) is 18.5 Å². The molecule has 0 saturated carbocycles. The van der Waals surface area contributed by atoms with Crippen LogP contribution in [0.2, 0.25) is 0 Å². The van der Waals surface area contributed by atoms with Gasteiger partial charge in [-0.2, -0.15) is 0 Å². The summed E-state index contributed by atoms with van der Waals surface area (Å²) in [7, 11) is -0.616. The molecule has 5 nitrogen and oxygen atoms in total. The number of aromatic nitrogens is 2. The molecule has 0 unspecified atom stereocenters. The zero-order valence-corrected chi connectivity index (χ0v) is 13.8. The number of halogens is 2. The quantitative estimate of drug-likeness (QED) is 0.808.